The predicted molar refractivity (Wildman–Crippen MR) is 95.1 cm³/mol. The number of hydrogen-bond acceptors (Lipinski definition) is 5. The molecule has 2 aliphatic heterocycles. The summed E-state index contributed by atoms with van der Waals surface area (Å²) in [5.74, 6) is 1.77. The predicted octanol–water partition coefficient (Wildman–Crippen LogP) is 1.13. The molecule has 0 radical (unpaired) electrons. The first-order valence-electron chi connectivity index (χ1n) is 8.28. The minimum atomic E-state index is 0. The van der Waals surface area contributed by atoms with E-state index in [1.54, 1.807) is 0 Å². The zero-order chi connectivity index (χ0) is 16.1. The monoisotopic (exact) mass is 355 g/mol. The van der Waals surface area contributed by atoms with Crippen LogP contribution in [0.1, 0.15) is 12.0 Å². The van der Waals surface area contributed by atoms with E-state index in [2.05, 4.69) is 17.3 Å². The van der Waals surface area contributed by atoms with E-state index in [1.165, 1.54) is 0 Å². The van der Waals surface area contributed by atoms with Crippen LogP contribution in [-0.2, 0) is 11.3 Å². The van der Waals surface area contributed by atoms with Gasteiger partial charge >= 0.3 is 0 Å². The minimum Gasteiger partial charge on any atom is -0.490 e. The van der Waals surface area contributed by atoms with Crippen LogP contribution in [0, 0.1) is 0 Å². The lowest BCUT2D eigenvalue weighted by Crippen LogP contribution is -2.49. The molecule has 0 atom stereocenters. The van der Waals surface area contributed by atoms with Crippen molar-refractivity contribution in [3.05, 3.63) is 23.8 Å². The van der Waals surface area contributed by atoms with Crippen molar-refractivity contribution >= 4 is 18.3 Å². The number of likely N-dealkylation sites (N-methyl/N-ethyl adjacent to an activating group) is 1. The molecular weight excluding hydrogens is 330 g/mol. The van der Waals surface area contributed by atoms with Gasteiger partial charge in [0.2, 0.25) is 5.91 Å². The number of amides is 1. The second-order valence-electron chi connectivity index (χ2n) is 6.08. The number of rotatable bonds is 4. The van der Waals surface area contributed by atoms with Gasteiger partial charge in [0.25, 0.3) is 0 Å². The molecule has 1 amide bonds. The molecule has 0 bridgehead atoms. The standard InChI is InChI=1S/C17H25N3O3.ClH/c1-19-6-8-20(9-7-19)16(21)13-18-12-14-4-2-5-15-17(14)23-11-3-10-22-15;/h2,4-5,18H,3,6-13H2,1H3;1H. The number of nitrogens with zero attached hydrogens (tertiary/aromatic N) is 2. The highest BCUT2D eigenvalue weighted by Gasteiger charge is 2.19. The molecule has 3 rings (SSSR count). The third-order valence-corrected chi connectivity index (χ3v) is 4.30. The van der Waals surface area contributed by atoms with Gasteiger partial charge in [-0.05, 0) is 13.1 Å². The smallest absolute Gasteiger partial charge is 0.236 e. The molecule has 7 heteroatoms. The Bertz CT molecular complexity index is 548. The Balaban J connectivity index is 0.00000208. The van der Waals surface area contributed by atoms with E-state index < -0.39 is 0 Å². The topological polar surface area (TPSA) is 54.0 Å². The average Bonchev–Trinajstić information content (AvgIpc) is 2.81. The average molecular weight is 356 g/mol. The van der Waals surface area contributed by atoms with Crippen molar-refractivity contribution in [1.82, 2.24) is 15.1 Å². The Morgan fingerprint density at radius 2 is 1.92 bits per heavy atom. The molecule has 2 aliphatic rings. The maximum Gasteiger partial charge on any atom is 0.236 e. The molecule has 0 unspecified atom stereocenters. The van der Waals surface area contributed by atoms with Gasteiger partial charge in [0, 0.05) is 44.7 Å². The van der Waals surface area contributed by atoms with E-state index in [0.717, 1.165) is 49.7 Å². The van der Waals surface area contributed by atoms with Gasteiger partial charge in [0.05, 0.1) is 19.8 Å². The van der Waals surface area contributed by atoms with E-state index in [1.807, 2.05) is 23.1 Å². The SMILES string of the molecule is CN1CCN(C(=O)CNCc2cccc3c2OCCCO3)CC1.Cl. The van der Waals surface area contributed by atoms with Crippen molar-refractivity contribution in [3.63, 3.8) is 0 Å². The Labute approximate surface area is 149 Å². The van der Waals surface area contributed by atoms with Crippen LogP contribution in [-0.4, -0.2) is 68.7 Å². The summed E-state index contributed by atoms with van der Waals surface area (Å²) >= 11 is 0. The maximum atomic E-state index is 12.2. The quantitative estimate of drug-likeness (QED) is 0.877. The fraction of sp³-hybridized carbons (Fsp3) is 0.588. The lowest BCUT2D eigenvalue weighted by atomic mass is 10.2. The number of carbonyl (C=O) groups is 1. The summed E-state index contributed by atoms with van der Waals surface area (Å²) in [6.07, 6.45) is 0.892. The molecule has 1 saturated heterocycles. The maximum absolute atomic E-state index is 12.2. The number of para-hydroxylation sites is 1. The molecule has 6 nitrogen and oxygen atoms in total. The third-order valence-electron chi connectivity index (χ3n) is 4.30. The summed E-state index contributed by atoms with van der Waals surface area (Å²) in [6.45, 7) is 5.84. The molecule has 0 aliphatic carbocycles. The van der Waals surface area contributed by atoms with Crippen LogP contribution >= 0.6 is 12.4 Å². The van der Waals surface area contributed by atoms with Crippen molar-refractivity contribution in [3.8, 4) is 11.5 Å². The fourth-order valence-electron chi connectivity index (χ4n) is 2.87. The largest absolute Gasteiger partial charge is 0.490 e. The normalized spacial score (nSPS) is 17.8. The number of benzene rings is 1. The number of ether oxygens (including phenoxy) is 2. The zero-order valence-corrected chi connectivity index (χ0v) is 14.9. The first kappa shape index (κ1) is 18.8. The second kappa shape index (κ2) is 9.11. The molecule has 1 fully saturated rings. The summed E-state index contributed by atoms with van der Waals surface area (Å²) in [4.78, 5) is 16.4. The van der Waals surface area contributed by atoms with Crippen LogP contribution in [0.25, 0.3) is 0 Å². The van der Waals surface area contributed by atoms with Crippen LogP contribution in [0.5, 0.6) is 11.5 Å². The van der Waals surface area contributed by atoms with E-state index in [0.29, 0.717) is 26.3 Å². The van der Waals surface area contributed by atoms with Crippen molar-refractivity contribution in [2.45, 2.75) is 13.0 Å². The highest BCUT2D eigenvalue weighted by atomic mass is 35.5. The number of nitrogens with one attached hydrogen (secondary N) is 1. The molecular formula is C17H26ClN3O3. The Kier molecular flexibility index (Phi) is 7.15. The Hall–Kier alpha value is -1.50. The van der Waals surface area contributed by atoms with E-state index in [9.17, 15) is 4.79 Å². The van der Waals surface area contributed by atoms with E-state index in [-0.39, 0.29) is 18.3 Å². The van der Waals surface area contributed by atoms with Crippen LogP contribution in [0.3, 0.4) is 0 Å². The summed E-state index contributed by atoms with van der Waals surface area (Å²) in [6, 6.07) is 5.91. The molecule has 0 aromatic heterocycles. The van der Waals surface area contributed by atoms with Gasteiger partial charge in [0.1, 0.15) is 0 Å². The molecule has 24 heavy (non-hydrogen) atoms. The van der Waals surface area contributed by atoms with E-state index in [4.69, 9.17) is 9.47 Å². The van der Waals surface area contributed by atoms with Gasteiger partial charge in [-0.25, -0.2) is 0 Å². The molecule has 0 spiro atoms. The molecule has 1 aromatic carbocycles. The Morgan fingerprint density at radius 1 is 1.17 bits per heavy atom. The first-order valence-corrected chi connectivity index (χ1v) is 8.28. The zero-order valence-electron chi connectivity index (χ0n) is 14.1. The summed E-state index contributed by atoms with van der Waals surface area (Å²) in [7, 11) is 2.09. The summed E-state index contributed by atoms with van der Waals surface area (Å²) < 4.78 is 11.5. The molecule has 1 N–H and O–H groups in total. The lowest BCUT2D eigenvalue weighted by Gasteiger charge is -2.32. The van der Waals surface area contributed by atoms with Crippen molar-refractivity contribution in [2.24, 2.45) is 0 Å². The summed E-state index contributed by atoms with van der Waals surface area (Å²) in [5, 5.41) is 3.24. The number of piperazine rings is 1. The van der Waals surface area contributed by atoms with E-state index >= 15 is 0 Å². The molecule has 2 heterocycles. The Morgan fingerprint density at radius 3 is 2.71 bits per heavy atom. The van der Waals surface area contributed by atoms with Gasteiger partial charge in [-0.15, -0.1) is 12.4 Å². The van der Waals surface area contributed by atoms with Crippen molar-refractivity contribution in [1.29, 1.82) is 0 Å². The molecule has 0 saturated carbocycles. The third kappa shape index (κ3) is 4.75. The van der Waals surface area contributed by atoms with Crippen LogP contribution < -0.4 is 14.8 Å². The highest BCUT2D eigenvalue weighted by Crippen LogP contribution is 2.33. The number of fused-ring (bicyclic) bond motifs is 1. The van der Waals surface area contributed by atoms with Gasteiger partial charge in [-0.3, -0.25) is 4.79 Å². The number of carbonyl (C=O) groups excluding carboxylic acids is 1. The van der Waals surface area contributed by atoms with Crippen LogP contribution in [0.4, 0.5) is 0 Å². The van der Waals surface area contributed by atoms with Crippen molar-refractivity contribution < 1.29 is 14.3 Å². The lowest BCUT2D eigenvalue weighted by molar-refractivity contribution is -0.131. The second-order valence-corrected chi connectivity index (χ2v) is 6.08. The van der Waals surface area contributed by atoms with Gasteiger partial charge in [-0.1, -0.05) is 12.1 Å². The molecule has 134 valence electrons. The number of halogens is 1. The number of hydrogen-bond donors (Lipinski definition) is 1. The molecule has 1 aromatic rings. The van der Waals surface area contributed by atoms with Gasteiger partial charge in [0.15, 0.2) is 11.5 Å². The van der Waals surface area contributed by atoms with Crippen LogP contribution in [0.15, 0.2) is 18.2 Å². The van der Waals surface area contributed by atoms with Gasteiger partial charge in [-0.2, -0.15) is 0 Å². The van der Waals surface area contributed by atoms with Crippen molar-refractivity contribution in [2.75, 3.05) is 53.0 Å². The highest BCUT2D eigenvalue weighted by molar-refractivity contribution is 5.85. The first-order chi connectivity index (χ1) is 11.2. The van der Waals surface area contributed by atoms with Crippen LogP contribution in [0.2, 0.25) is 0 Å². The minimum absolute atomic E-state index is 0. The fourth-order valence-corrected chi connectivity index (χ4v) is 2.87. The summed E-state index contributed by atoms with van der Waals surface area (Å²) in [5.41, 5.74) is 1.04. The van der Waals surface area contributed by atoms with Gasteiger partial charge < -0.3 is 24.6 Å².